The maximum Gasteiger partial charge on any atom is 0.261 e. The Morgan fingerprint density at radius 3 is 2.39 bits per heavy atom. The van der Waals surface area contributed by atoms with Gasteiger partial charge in [-0.15, -0.1) is 0 Å². The van der Waals surface area contributed by atoms with Crippen molar-refractivity contribution in [1.82, 2.24) is 14.5 Å². The number of nitrogens with two attached hydrogens (primary N) is 1. The van der Waals surface area contributed by atoms with Crippen LogP contribution in [0.1, 0.15) is 24.2 Å². The van der Waals surface area contributed by atoms with E-state index in [0.717, 1.165) is 5.52 Å². The summed E-state index contributed by atoms with van der Waals surface area (Å²) in [5.74, 6) is 1.39. The summed E-state index contributed by atoms with van der Waals surface area (Å²) in [7, 11) is 3.10. The molecule has 31 heavy (non-hydrogen) atoms. The summed E-state index contributed by atoms with van der Waals surface area (Å²) in [5.41, 5.74) is 9.87. The molecule has 160 valence electrons. The smallest absolute Gasteiger partial charge is 0.261 e. The summed E-state index contributed by atoms with van der Waals surface area (Å²) in [6, 6.07) is 12.7. The molecule has 0 saturated heterocycles. The number of hydrogen-bond donors (Lipinski definition) is 2. The van der Waals surface area contributed by atoms with Gasteiger partial charge in [0.25, 0.3) is 5.91 Å². The van der Waals surface area contributed by atoms with Gasteiger partial charge in [0.15, 0.2) is 17.1 Å². The summed E-state index contributed by atoms with van der Waals surface area (Å²) in [5, 5.41) is 2.90. The number of benzene rings is 2. The number of aromatic nitrogens is 3. The summed E-state index contributed by atoms with van der Waals surface area (Å²) >= 11 is 0. The number of methoxy groups -OCH3 is 2. The zero-order chi connectivity index (χ0) is 22.1. The first-order valence-electron chi connectivity index (χ1n) is 10.0. The van der Waals surface area contributed by atoms with Crippen molar-refractivity contribution >= 4 is 39.6 Å². The second-order valence-corrected chi connectivity index (χ2v) is 7.67. The Kier molecular flexibility index (Phi) is 5.37. The molecule has 2 heterocycles. The Bertz CT molecular complexity index is 1280. The summed E-state index contributed by atoms with van der Waals surface area (Å²) in [4.78, 5) is 22.8. The lowest BCUT2D eigenvalue weighted by atomic mass is 10.2. The fourth-order valence-corrected chi connectivity index (χ4v) is 3.60. The molecule has 0 spiro atoms. The normalized spacial score (nSPS) is 11.3. The van der Waals surface area contributed by atoms with Crippen molar-refractivity contribution in [3.8, 4) is 11.5 Å². The molecule has 0 radical (unpaired) electrons. The van der Waals surface area contributed by atoms with Gasteiger partial charge in [0.05, 0.1) is 25.3 Å². The Hall–Kier alpha value is -3.81. The summed E-state index contributed by atoms with van der Waals surface area (Å²) in [6.45, 7) is 4.80. The number of carbonyl (C=O) groups is 1. The van der Waals surface area contributed by atoms with Gasteiger partial charge < -0.3 is 25.1 Å². The van der Waals surface area contributed by atoms with Crippen molar-refractivity contribution in [2.45, 2.75) is 20.4 Å². The minimum Gasteiger partial charge on any atom is -0.493 e. The third-order valence-corrected chi connectivity index (χ3v) is 5.01. The molecule has 8 nitrogen and oxygen atoms in total. The molecule has 2 aromatic carbocycles. The van der Waals surface area contributed by atoms with Crippen molar-refractivity contribution in [2.24, 2.45) is 5.92 Å². The highest BCUT2D eigenvalue weighted by atomic mass is 16.5. The number of para-hydroxylation sites is 2. The van der Waals surface area contributed by atoms with Crippen LogP contribution >= 0.6 is 0 Å². The minimum absolute atomic E-state index is 0.309. The quantitative estimate of drug-likeness (QED) is 0.488. The van der Waals surface area contributed by atoms with Crippen LogP contribution in [0.25, 0.3) is 22.2 Å². The molecule has 3 N–H and O–H groups in total. The van der Waals surface area contributed by atoms with Crippen molar-refractivity contribution in [3.63, 3.8) is 0 Å². The van der Waals surface area contributed by atoms with E-state index in [2.05, 4.69) is 19.2 Å². The molecule has 0 saturated carbocycles. The Morgan fingerprint density at radius 2 is 1.74 bits per heavy atom. The van der Waals surface area contributed by atoms with Crippen molar-refractivity contribution in [3.05, 3.63) is 48.0 Å². The van der Waals surface area contributed by atoms with Gasteiger partial charge in [0.1, 0.15) is 16.9 Å². The van der Waals surface area contributed by atoms with E-state index in [1.807, 2.05) is 28.8 Å². The van der Waals surface area contributed by atoms with Gasteiger partial charge >= 0.3 is 0 Å². The van der Waals surface area contributed by atoms with Crippen LogP contribution in [0.15, 0.2) is 42.5 Å². The Balaban J connectivity index is 1.83. The molecule has 1 amide bonds. The van der Waals surface area contributed by atoms with E-state index in [1.165, 1.54) is 0 Å². The number of rotatable bonds is 6. The third kappa shape index (κ3) is 3.72. The fraction of sp³-hybridized carbons (Fsp3) is 0.261. The molecule has 0 aliphatic carbocycles. The van der Waals surface area contributed by atoms with Crippen LogP contribution in [0.3, 0.4) is 0 Å². The number of hydrogen-bond acceptors (Lipinski definition) is 6. The highest BCUT2D eigenvalue weighted by Crippen LogP contribution is 2.32. The number of nitrogens with one attached hydrogen (secondary N) is 1. The van der Waals surface area contributed by atoms with Gasteiger partial charge in [-0.1, -0.05) is 26.0 Å². The van der Waals surface area contributed by atoms with Crippen molar-refractivity contribution in [2.75, 3.05) is 25.3 Å². The molecule has 0 fully saturated rings. The number of nitrogens with zero attached hydrogens (tertiary/aromatic N) is 3. The van der Waals surface area contributed by atoms with Crippen LogP contribution in [0.4, 0.5) is 11.5 Å². The number of carbonyl (C=O) groups excluding carboxylic acids is 1. The minimum atomic E-state index is -0.359. The van der Waals surface area contributed by atoms with Gasteiger partial charge in [-0.25, -0.2) is 9.97 Å². The van der Waals surface area contributed by atoms with Crippen LogP contribution < -0.4 is 20.5 Å². The van der Waals surface area contributed by atoms with Gasteiger partial charge in [-0.3, -0.25) is 4.79 Å². The number of amides is 1. The summed E-state index contributed by atoms with van der Waals surface area (Å²) in [6.07, 6.45) is 0. The van der Waals surface area contributed by atoms with E-state index in [1.54, 1.807) is 32.4 Å². The monoisotopic (exact) mass is 419 g/mol. The fourth-order valence-electron chi connectivity index (χ4n) is 3.60. The maximum atomic E-state index is 13.3. The number of ether oxygens (including phenoxy) is 2. The van der Waals surface area contributed by atoms with E-state index >= 15 is 0 Å². The predicted octanol–water partition coefficient (Wildman–Crippen LogP) is 4.09. The van der Waals surface area contributed by atoms with Gasteiger partial charge in [-0.2, -0.15) is 0 Å². The second-order valence-electron chi connectivity index (χ2n) is 7.67. The average Bonchev–Trinajstić information content (AvgIpc) is 3.02. The van der Waals surface area contributed by atoms with Gasteiger partial charge in [-0.05, 0) is 30.2 Å². The molecular formula is C23H25N5O3. The molecule has 4 rings (SSSR count). The molecule has 0 atom stereocenters. The Labute approximate surface area is 180 Å². The first-order chi connectivity index (χ1) is 14.9. The largest absolute Gasteiger partial charge is 0.493 e. The average molecular weight is 419 g/mol. The first kappa shape index (κ1) is 20.5. The van der Waals surface area contributed by atoms with Crippen LogP contribution in [-0.4, -0.2) is 34.7 Å². The lowest BCUT2D eigenvalue weighted by Crippen LogP contribution is -2.15. The molecule has 0 aliphatic heterocycles. The molecule has 2 aromatic heterocycles. The molecule has 0 unspecified atom stereocenters. The lowest BCUT2D eigenvalue weighted by molar-refractivity contribution is 0.102. The Morgan fingerprint density at radius 1 is 1.06 bits per heavy atom. The SMILES string of the molecule is COc1ccc(NC(=O)c2c(N)n(CC(C)C)c3nc4ccccc4nc23)cc1OC. The number of fused-ring (bicyclic) bond motifs is 2. The van der Waals surface area contributed by atoms with E-state index in [-0.39, 0.29) is 5.91 Å². The summed E-state index contributed by atoms with van der Waals surface area (Å²) < 4.78 is 12.5. The molecule has 8 heteroatoms. The number of anilines is 2. The van der Waals surface area contributed by atoms with Crippen LogP contribution in [-0.2, 0) is 6.54 Å². The second kappa shape index (κ2) is 8.14. The predicted molar refractivity (Wildman–Crippen MR) is 122 cm³/mol. The lowest BCUT2D eigenvalue weighted by Gasteiger charge is -2.11. The van der Waals surface area contributed by atoms with Gasteiger partial charge in [0.2, 0.25) is 0 Å². The van der Waals surface area contributed by atoms with Crippen molar-refractivity contribution in [1.29, 1.82) is 0 Å². The standard InChI is InChI=1S/C23H25N5O3/c1-13(2)12-28-21(24)19(20-22(28)27-16-8-6-5-7-15(16)26-20)23(29)25-14-9-10-17(30-3)18(11-14)31-4/h5-11,13H,12,24H2,1-4H3,(H,25,29). The number of nitrogen functional groups attached to an aromatic ring is 1. The molecule has 0 aliphatic rings. The zero-order valence-electron chi connectivity index (χ0n) is 18.0. The maximum absolute atomic E-state index is 13.3. The third-order valence-electron chi connectivity index (χ3n) is 5.01. The highest BCUT2D eigenvalue weighted by Gasteiger charge is 2.24. The van der Waals surface area contributed by atoms with E-state index in [9.17, 15) is 4.79 Å². The first-order valence-corrected chi connectivity index (χ1v) is 10.0. The van der Waals surface area contributed by atoms with Crippen LogP contribution in [0.5, 0.6) is 11.5 Å². The molecule has 0 bridgehead atoms. The highest BCUT2D eigenvalue weighted by molar-refractivity contribution is 6.16. The topological polar surface area (TPSA) is 104 Å². The molecule has 4 aromatic rings. The van der Waals surface area contributed by atoms with Crippen LogP contribution in [0.2, 0.25) is 0 Å². The zero-order valence-corrected chi connectivity index (χ0v) is 18.0. The van der Waals surface area contributed by atoms with Crippen LogP contribution in [0, 0.1) is 5.92 Å². The van der Waals surface area contributed by atoms with E-state index in [4.69, 9.17) is 25.2 Å². The van der Waals surface area contributed by atoms with E-state index in [0.29, 0.717) is 57.7 Å². The molecular weight excluding hydrogens is 394 g/mol. The van der Waals surface area contributed by atoms with E-state index < -0.39 is 0 Å². The van der Waals surface area contributed by atoms with Crippen molar-refractivity contribution < 1.29 is 14.3 Å². The van der Waals surface area contributed by atoms with Gasteiger partial charge in [0, 0.05) is 18.3 Å².